The number of carbonyl (C=O) groups excluding carboxylic acids is 1. The van der Waals surface area contributed by atoms with Gasteiger partial charge in [-0.15, -0.1) is 15.3 Å². The van der Waals surface area contributed by atoms with Gasteiger partial charge in [0.2, 0.25) is 5.91 Å². The van der Waals surface area contributed by atoms with Gasteiger partial charge in [0, 0.05) is 17.9 Å². The molecule has 0 bridgehead atoms. The Labute approximate surface area is 154 Å². The molecule has 1 aliphatic heterocycles. The van der Waals surface area contributed by atoms with Crippen LogP contribution >= 0.6 is 0 Å². The molecule has 1 atom stereocenters. The maximum atomic E-state index is 12.4. The zero-order valence-electron chi connectivity index (χ0n) is 14.9. The largest absolute Gasteiger partial charge is 0.310 e. The van der Waals surface area contributed by atoms with E-state index in [1.54, 1.807) is 9.20 Å². The molecule has 1 unspecified atom stereocenters. The summed E-state index contributed by atoms with van der Waals surface area (Å²) in [5.41, 5.74) is 3.68. The Morgan fingerprint density at radius 3 is 2.67 bits per heavy atom. The van der Waals surface area contributed by atoms with Gasteiger partial charge in [0.1, 0.15) is 5.82 Å². The summed E-state index contributed by atoms with van der Waals surface area (Å²) in [6, 6.07) is 13.7. The van der Waals surface area contributed by atoms with Crippen molar-refractivity contribution >= 4 is 17.4 Å². The monoisotopic (exact) mass is 359 g/mol. The minimum Gasteiger partial charge on any atom is -0.310 e. The number of nitrogens with zero attached hydrogens (tertiary/aromatic N) is 6. The second-order valence-electron chi connectivity index (χ2n) is 6.68. The van der Waals surface area contributed by atoms with Gasteiger partial charge < -0.3 is 5.32 Å². The first kappa shape index (κ1) is 15.7. The van der Waals surface area contributed by atoms with Crippen LogP contribution in [0, 0.1) is 13.8 Å². The van der Waals surface area contributed by atoms with Crippen molar-refractivity contribution in [2.45, 2.75) is 26.2 Å². The highest BCUT2D eigenvalue weighted by molar-refractivity contribution is 5.95. The summed E-state index contributed by atoms with van der Waals surface area (Å²) < 4.78 is 3.36. The molecule has 8 heteroatoms. The third kappa shape index (κ3) is 2.41. The van der Waals surface area contributed by atoms with Gasteiger partial charge in [-0.3, -0.25) is 4.79 Å². The van der Waals surface area contributed by atoms with Crippen molar-refractivity contribution in [1.29, 1.82) is 0 Å². The van der Waals surface area contributed by atoms with Crippen molar-refractivity contribution in [3.63, 3.8) is 0 Å². The van der Waals surface area contributed by atoms with Crippen LogP contribution in [-0.4, -0.2) is 35.5 Å². The average molecular weight is 359 g/mol. The molecule has 3 aromatic heterocycles. The molecule has 1 N–H and O–H groups in total. The molecule has 27 heavy (non-hydrogen) atoms. The normalized spacial score (nSPS) is 16.4. The van der Waals surface area contributed by atoms with Crippen LogP contribution in [0.3, 0.4) is 0 Å². The van der Waals surface area contributed by atoms with E-state index >= 15 is 0 Å². The third-order valence-corrected chi connectivity index (χ3v) is 4.93. The maximum Gasteiger partial charge on any atom is 0.226 e. The molecular weight excluding hydrogens is 342 g/mol. The topological polar surface area (TPSA) is 90.0 Å². The highest BCUT2D eigenvalue weighted by atomic mass is 16.1. The molecule has 5 rings (SSSR count). The zero-order valence-corrected chi connectivity index (χ0v) is 14.9. The number of hydrogen-bond acceptors (Lipinski definition) is 5. The minimum absolute atomic E-state index is 0.0240. The van der Waals surface area contributed by atoms with Gasteiger partial charge in [-0.1, -0.05) is 30.3 Å². The lowest BCUT2D eigenvalue weighted by Crippen LogP contribution is -2.25. The van der Waals surface area contributed by atoms with Crippen molar-refractivity contribution in [2.24, 2.45) is 0 Å². The molecule has 0 radical (unpaired) electrons. The molecule has 0 saturated carbocycles. The first-order valence-corrected chi connectivity index (χ1v) is 8.75. The maximum absolute atomic E-state index is 12.4. The fraction of sp³-hybridized carbons (Fsp3) is 0.211. The Morgan fingerprint density at radius 1 is 1.04 bits per heavy atom. The summed E-state index contributed by atoms with van der Waals surface area (Å²) in [6.07, 6.45) is 0.403. The number of rotatable bonds is 2. The molecule has 4 heterocycles. The van der Waals surface area contributed by atoms with Crippen LogP contribution in [0.5, 0.6) is 0 Å². The summed E-state index contributed by atoms with van der Waals surface area (Å²) in [4.78, 5) is 12.4. The van der Waals surface area contributed by atoms with Crippen molar-refractivity contribution in [3.05, 3.63) is 65.1 Å². The predicted octanol–water partition coefficient (Wildman–Crippen LogP) is 2.40. The first-order chi connectivity index (χ1) is 13.1. The van der Waals surface area contributed by atoms with E-state index in [0.29, 0.717) is 29.5 Å². The van der Waals surface area contributed by atoms with E-state index in [2.05, 4.69) is 37.8 Å². The van der Waals surface area contributed by atoms with Crippen LogP contribution in [0.25, 0.3) is 11.5 Å². The molecule has 0 aliphatic carbocycles. The molecule has 8 nitrogen and oxygen atoms in total. The third-order valence-electron chi connectivity index (χ3n) is 4.93. The molecular formula is C19H17N7O. The van der Waals surface area contributed by atoms with Crippen LogP contribution < -0.4 is 5.32 Å². The molecule has 0 spiro atoms. The van der Waals surface area contributed by atoms with E-state index in [1.807, 2.05) is 44.2 Å². The molecule has 1 aromatic carbocycles. The van der Waals surface area contributed by atoms with Crippen LogP contribution in [0.4, 0.5) is 5.82 Å². The van der Waals surface area contributed by atoms with E-state index < -0.39 is 0 Å². The van der Waals surface area contributed by atoms with Gasteiger partial charge in [0.05, 0.1) is 5.69 Å². The van der Waals surface area contributed by atoms with E-state index in [9.17, 15) is 4.79 Å². The number of fused-ring (bicyclic) bond motifs is 2. The summed E-state index contributed by atoms with van der Waals surface area (Å²) in [7, 11) is 0. The van der Waals surface area contributed by atoms with Crippen LogP contribution in [0.2, 0.25) is 0 Å². The number of hydrogen-bond donors (Lipinski definition) is 1. The van der Waals surface area contributed by atoms with Crippen molar-refractivity contribution < 1.29 is 4.79 Å². The quantitative estimate of drug-likeness (QED) is 0.593. The van der Waals surface area contributed by atoms with Crippen molar-refractivity contribution in [3.8, 4) is 5.82 Å². The molecule has 1 amide bonds. The fourth-order valence-corrected chi connectivity index (χ4v) is 3.68. The van der Waals surface area contributed by atoms with Crippen LogP contribution in [0.1, 0.15) is 35.0 Å². The fourth-order valence-electron chi connectivity index (χ4n) is 3.68. The molecule has 1 aliphatic rings. The Bertz CT molecular complexity index is 1180. The SMILES string of the molecule is Cc1nn(-c2ccc3nnc(C)n3n2)c2c1C(c1ccccc1)CC(=O)N2. The van der Waals surface area contributed by atoms with Crippen LogP contribution in [-0.2, 0) is 4.79 Å². The average Bonchev–Trinajstić information content (AvgIpc) is 3.22. The van der Waals surface area contributed by atoms with Gasteiger partial charge >= 0.3 is 0 Å². The number of nitrogens with one attached hydrogen (secondary N) is 1. The zero-order chi connectivity index (χ0) is 18.5. The Hall–Kier alpha value is -3.55. The summed E-state index contributed by atoms with van der Waals surface area (Å²) >= 11 is 0. The van der Waals surface area contributed by atoms with Crippen LogP contribution in [0.15, 0.2) is 42.5 Å². The standard InChI is InChI=1S/C19H17N7O/c1-11-18-14(13-6-4-3-5-7-13)10-17(27)20-19(18)26(23-11)16-9-8-15-22-21-12(2)25(15)24-16/h3-9,14H,10H2,1-2H3,(H,20,27). The van der Waals surface area contributed by atoms with Gasteiger partial charge in [0.15, 0.2) is 17.3 Å². The summed E-state index contributed by atoms with van der Waals surface area (Å²) in [6.45, 7) is 3.80. The number of benzene rings is 1. The minimum atomic E-state index is -0.0286. The first-order valence-electron chi connectivity index (χ1n) is 8.75. The van der Waals surface area contributed by atoms with Gasteiger partial charge in [-0.05, 0) is 31.5 Å². The smallest absolute Gasteiger partial charge is 0.226 e. The van der Waals surface area contributed by atoms with Gasteiger partial charge in [0.25, 0.3) is 0 Å². The second kappa shape index (κ2) is 5.73. The van der Waals surface area contributed by atoms with Crippen molar-refractivity contribution in [2.75, 3.05) is 5.32 Å². The summed E-state index contributed by atoms with van der Waals surface area (Å²) in [5.74, 6) is 1.91. The predicted molar refractivity (Wildman–Crippen MR) is 98.9 cm³/mol. The Balaban J connectivity index is 1.69. The summed E-state index contributed by atoms with van der Waals surface area (Å²) in [5, 5.41) is 20.4. The number of anilines is 1. The number of aromatic nitrogens is 6. The lowest BCUT2D eigenvalue weighted by Gasteiger charge is -2.24. The lowest BCUT2D eigenvalue weighted by atomic mass is 9.86. The number of carbonyl (C=O) groups is 1. The lowest BCUT2D eigenvalue weighted by molar-refractivity contribution is -0.116. The number of aryl methyl sites for hydroxylation is 2. The van der Waals surface area contributed by atoms with Gasteiger partial charge in [-0.2, -0.15) is 14.3 Å². The van der Waals surface area contributed by atoms with E-state index in [-0.39, 0.29) is 11.8 Å². The highest BCUT2D eigenvalue weighted by Crippen LogP contribution is 2.39. The van der Waals surface area contributed by atoms with Crippen molar-refractivity contribution in [1.82, 2.24) is 29.6 Å². The second-order valence-corrected chi connectivity index (χ2v) is 6.68. The van der Waals surface area contributed by atoms with E-state index in [1.165, 1.54) is 0 Å². The van der Waals surface area contributed by atoms with Gasteiger partial charge in [-0.25, -0.2) is 0 Å². The number of amides is 1. The molecule has 4 aromatic rings. The Morgan fingerprint density at radius 2 is 1.85 bits per heavy atom. The molecule has 0 saturated heterocycles. The van der Waals surface area contributed by atoms with E-state index in [4.69, 9.17) is 0 Å². The van der Waals surface area contributed by atoms with E-state index in [0.717, 1.165) is 16.8 Å². The molecule has 0 fully saturated rings. The Kier molecular flexibility index (Phi) is 3.33. The molecule has 134 valence electrons. The highest BCUT2D eigenvalue weighted by Gasteiger charge is 2.32.